The van der Waals surface area contributed by atoms with E-state index in [0.717, 1.165) is 18.6 Å². The maximum absolute atomic E-state index is 12.3. The van der Waals surface area contributed by atoms with Gasteiger partial charge in [-0.15, -0.1) is 0 Å². The van der Waals surface area contributed by atoms with Crippen molar-refractivity contribution < 1.29 is 14.3 Å². The third-order valence-electron chi connectivity index (χ3n) is 4.90. The molecule has 4 nitrogen and oxygen atoms in total. The van der Waals surface area contributed by atoms with Crippen molar-refractivity contribution in [1.29, 1.82) is 0 Å². The monoisotopic (exact) mass is 397 g/mol. The molecule has 0 aliphatic carbocycles. The van der Waals surface area contributed by atoms with Gasteiger partial charge in [0, 0.05) is 6.20 Å². The van der Waals surface area contributed by atoms with E-state index >= 15 is 0 Å². The lowest BCUT2D eigenvalue weighted by Gasteiger charge is -2.08. The Balaban J connectivity index is 1.74. The number of carbonyl (C=O) groups excluding carboxylic acids is 1. The second kappa shape index (κ2) is 13.8. The van der Waals surface area contributed by atoms with Crippen LogP contribution in [-0.2, 0) is 6.42 Å². The summed E-state index contributed by atoms with van der Waals surface area (Å²) < 4.78 is 11.1. The van der Waals surface area contributed by atoms with E-state index < -0.39 is 5.97 Å². The van der Waals surface area contributed by atoms with Gasteiger partial charge in [0.05, 0.1) is 6.61 Å². The molecule has 0 fully saturated rings. The predicted molar refractivity (Wildman–Crippen MR) is 118 cm³/mol. The summed E-state index contributed by atoms with van der Waals surface area (Å²) >= 11 is 0. The van der Waals surface area contributed by atoms with Gasteiger partial charge in [0.15, 0.2) is 0 Å². The maximum Gasteiger partial charge on any atom is 0.362 e. The van der Waals surface area contributed by atoms with Crippen LogP contribution in [0.4, 0.5) is 0 Å². The number of aromatic nitrogens is 1. The van der Waals surface area contributed by atoms with Crippen molar-refractivity contribution in [3.63, 3.8) is 0 Å². The molecule has 0 saturated carbocycles. The van der Waals surface area contributed by atoms with E-state index in [4.69, 9.17) is 9.47 Å². The van der Waals surface area contributed by atoms with E-state index in [1.807, 2.05) is 18.2 Å². The Hall–Kier alpha value is -2.36. The molecule has 0 atom stereocenters. The number of unbranched alkanes of at least 4 members (excludes halogenated alkanes) is 7. The molecular formula is C25H35NO3. The Bertz CT molecular complexity index is 695. The third-order valence-corrected chi connectivity index (χ3v) is 4.90. The lowest BCUT2D eigenvalue weighted by atomic mass is 10.1. The summed E-state index contributed by atoms with van der Waals surface area (Å²) in [5, 5.41) is 0. The SMILES string of the molecule is CCCCCCCc1ccc(C(=O)Oc2ccc(OCCCCCC)cc2)nc1. The van der Waals surface area contributed by atoms with Gasteiger partial charge in [0.2, 0.25) is 0 Å². The number of benzene rings is 1. The number of nitrogens with zero attached hydrogens (tertiary/aromatic N) is 1. The molecule has 0 aliphatic heterocycles. The molecule has 2 aromatic rings. The van der Waals surface area contributed by atoms with Crippen LogP contribution in [0.1, 0.15) is 87.7 Å². The minimum absolute atomic E-state index is 0.330. The summed E-state index contributed by atoms with van der Waals surface area (Å²) in [4.78, 5) is 16.6. The molecule has 0 N–H and O–H groups in total. The summed E-state index contributed by atoms with van der Waals surface area (Å²) in [7, 11) is 0. The van der Waals surface area contributed by atoms with Gasteiger partial charge in [0.1, 0.15) is 17.2 Å². The average molecular weight is 398 g/mol. The Kier molecular flexibility index (Phi) is 10.9. The highest BCUT2D eigenvalue weighted by molar-refractivity contribution is 5.88. The predicted octanol–water partition coefficient (Wildman–Crippen LogP) is 6.77. The van der Waals surface area contributed by atoms with E-state index in [1.54, 1.807) is 24.4 Å². The minimum Gasteiger partial charge on any atom is -0.494 e. The molecule has 1 aromatic heterocycles. The van der Waals surface area contributed by atoms with E-state index in [0.29, 0.717) is 18.1 Å². The smallest absolute Gasteiger partial charge is 0.362 e. The molecule has 0 radical (unpaired) electrons. The zero-order chi connectivity index (χ0) is 20.7. The zero-order valence-electron chi connectivity index (χ0n) is 18.0. The summed E-state index contributed by atoms with van der Waals surface area (Å²) in [5.41, 5.74) is 1.49. The first-order chi connectivity index (χ1) is 14.2. The minimum atomic E-state index is -0.437. The van der Waals surface area contributed by atoms with Crippen molar-refractivity contribution >= 4 is 5.97 Å². The van der Waals surface area contributed by atoms with Crippen LogP contribution in [0.3, 0.4) is 0 Å². The van der Waals surface area contributed by atoms with Gasteiger partial charge >= 0.3 is 5.97 Å². The molecule has 4 heteroatoms. The van der Waals surface area contributed by atoms with Crippen LogP contribution in [-0.4, -0.2) is 17.6 Å². The highest BCUT2D eigenvalue weighted by Gasteiger charge is 2.10. The quantitative estimate of drug-likeness (QED) is 0.200. The zero-order valence-corrected chi connectivity index (χ0v) is 18.0. The van der Waals surface area contributed by atoms with Crippen LogP contribution in [0.5, 0.6) is 11.5 Å². The molecule has 0 spiro atoms. The fourth-order valence-corrected chi connectivity index (χ4v) is 3.11. The molecule has 0 unspecified atom stereocenters. The van der Waals surface area contributed by atoms with Crippen molar-refractivity contribution in [2.24, 2.45) is 0 Å². The number of hydrogen-bond acceptors (Lipinski definition) is 4. The summed E-state index contributed by atoms with van der Waals surface area (Å²) in [5.74, 6) is 0.852. The first-order valence-corrected chi connectivity index (χ1v) is 11.1. The highest BCUT2D eigenvalue weighted by atomic mass is 16.5. The fourth-order valence-electron chi connectivity index (χ4n) is 3.11. The van der Waals surface area contributed by atoms with Crippen LogP contribution >= 0.6 is 0 Å². The molecule has 2 rings (SSSR count). The Morgan fingerprint density at radius 3 is 2.10 bits per heavy atom. The van der Waals surface area contributed by atoms with E-state index in [9.17, 15) is 4.79 Å². The van der Waals surface area contributed by atoms with Gasteiger partial charge in [-0.1, -0.05) is 64.9 Å². The van der Waals surface area contributed by atoms with Crippen LogP contribution in [0.2, 0.25) is 0 Å². The summed E-state index contributed by atoms with van der Waals surface area (Å²) in [6.07, 6.45) is 13.8. The Morgan fingerprint density at radius 1 is 0.793 bits per heavy atom. The summed E-state index contributed by atoms with van der Waals surface area (Å²) in [6, 6.07) is 10.9. The number of carbonyl (C=O) groups is 1. The van der Waals surface area contributed by atoms with E-state index in [1.165, 1.54) is 56.9 Å². The van der Waals surface area contributed by atoms with Gasteiger partial charge in [0.25, 0.3) is 0 Å². The van der Waals surface area contributed by atoms with E-state index in [-0.39, 0.29) is 0 Å². The number of pyridine rings is 1. The van der Waals surface area contributed by atoms with Crippen LogP contribution in [0, 0.1) is 0 Å². The number of ether oxygens (including phenoxy) is 2. The van der Waals surface area contributed by atoms with Gasteiger partial charge in [-0.25, -0.2) is 9.78 Å². The maximum atomic E-state index is 12.3. The number of rotatable bonds is 14. The van der Waals surface area contributed by atoms with Crippen molar-refractivity contribution in [2.45, 2.75) is 78.1 Å². The second-order valence-electron chi connectivity index (χ2n) is 7.49. The van der Waals surface area contributed by atoms with Crippen LogP contribution < -0.4 is 9.47 Å². The first kappa shape index (κ1) is 22.9. The fraction of sp³-hybridized carbons (Fsp3) is 0.520. The third kappa shape index (κ3) is 9.12. The van der Waals surface area contributed by atoms with Gasteiger partial charge < -0.3 is 9.47 Å². The standard InChI is InChI=1S/C25H35NO3/c1-3-5-7-9-10-12-21-13-18-24(26-20-21)25(27)29-23-16-14-22(15-17-23)28-19-11-8-6-4-2/h13-18,20H,3-12,19H2,1-2H3. The highest BCUT2D eigenvalue weighted by Crippen LogP contribution is 2.19. The van der Waals surface area contributed by atoms with Crippen molar-refractivity contribution in [3.8, 4) is 11.5 Å². The molecule has 1 aromatic carbocycles. The first-order valence-electron chi connectivity index (χ1n) is 11.1. The molecule has 0 amide bonds. The number of aryl methyl sites for hydroxylation is 1. The Labute approximate surface area is 175 Å². The lowest BCUT2D eigenvalue weighted by molar-refractivity contribution is 0.0728. The largest absolute Gasteiger partial charge is 0.494 e. The van der Waals surface area contributed by atoms with Gasteiger partial charge in [-0.3, -0.25) is 0 Å². The van der Waals surface area contributed by atoms with Gasteiger partial charge in [-0.2, -0.15) is 0 Å². The van der Waals surface area contributed by atoms with Crippen molar-refractivity contribution in [2.75, 3.05) is 6.61 Å². The number of hydrogen-bond donors (Lipinski definition) is 0. The van der Waals surface area contributed by atoms with Crippen molar-refractivity contribution in [1.82, 2.24) is 4.98 Å². The Morgan fingerprint density at radius 2 is 1.45 bits per heavy atom. The van der Waals surface area contributed by atoms with Crippen LogP contribution in [0.15, 0.2) is 42.6 Å². The molecule has 1 heterocycles. The molecule has 0 saturated heterocycles. The average Bonchev–Trinajstić information content (AvgIpc) is 2.75. The molecule has 29 heavy (non-hydrogen) atoms. The summed E-state index contributed by atoms with van der Waals surface area (Å²) in [6.45, 7) is 5.13. The second-order valence-corrected chi connectivity index (χ2v) is 7.49. The molecule has 0 bridgehead atoms. The number of esters is 1. The van der Waals surface area contributed by atoms with Gasteiger partial charge in [-0.05, 0) is 55.2 Å². The van der Waals surface area contributed by atoms with E-state index in [2.05, 4.69) is 18.8 Å². The van der Waals surface area contributed by atoms with Crippen molar-refractivity contribution in [3.05, 3.63) is 53.9 Å². The normalized spacial score (nSPS) is 10.7. The molecular weight excluding hydrogens is 362 g/mol. The lowest BCUT2D eigenvalue weighted by Crippen LogP contribution is -2.10. The topological polar surface area (TPSA) is 48.4 Å². The molecule has 158 valence electrons. The van der Waals surface area contributed by atoms with Crippen LogP contribution in [0.25, 0.3) is 0 Å². The molecule has 0 aliphatic rings.